The van der Waals surface area contributed by atoms with E-state index >= 15 is 0 Å². The molecule has 0 spiro atoms. The van der Waals surface area contributed by atoms with Crippen LogP contribution in [0.3, 0.4) is 0 Å². The highest BCUT2D eigenvalue weighted by Crippen LogP contribution is 2.14. The Hall–Kier alpha value is -0.760. The van der Waals surface area contributed by atoms with E-state index in [1.165, 1.54) is 31.2 Å². The van der Waals surface area contributed by atoms with E-state index in [0.717, 1.165) is 0 Å². The maximum atomic E-state index is 5.08. The Balaban J connectivity index is 2.22. The molecule has 0 saturated carbocycles. The molecule has 0 aliphatic heterocycles. The fraction of sp³-hybridized carbons (Fsp3) is 0.692. The van der Waals surface area contributed by atoms with Gasteiger partial charge in [0.1, 0.15) is 0 Å². The van der Waals surface area contributed by atoms with Crippen molar-refractivity contribution in [3.05, 3.63) is 24.2 Å². The first-order chi connectivity index (χ1) is 7.24. The fourth-order valence-electron chi connectivity index (χ4n) is 1.83. The van der Waals surface area contributed by atoms with Crippen molar-refractivity contribution >= 4 is 0 Å². The van der Waals surface area contributed by atoms with E-state index in [4.69, 9.17) is 4.42 Å². The highest BCUT2D eigenvalue weighted by atomic mass is 16.3. The first-order valence-electron chi connectivity index (χ1n) is 6.02. The van der Waals surface area contributed by atoms with Crippen LogP contribution in [0.2, 0.25) is 0 Å². The van der Waals surface area contributed by atoms with Gasteiger partial charge in [0.25, 0.3) is 0 Å². The molecular formula is C13H23NO. The largest absolute Gasteiger partial charge is 0.472 e. The summed E-state index contributed by atoms with van der Waals surface area (Å²) in [7, 11) is 0. The van der Waals surface area contributed by atoms with Crippen molar-refractivity contribution in [1.82, 2.24) is 5.32 Å². The molecule has 0 saturated heterocycles. The zero-order valence-corrected chi connectivity index (χ0v) is 10.1. The minimum absolute atomic E-state index is 0.389. The summed E-state index contributed by atoms with van der Waals surface area (Å²) in [4.78, 5) is 0. The summed E-state index contributed by atoms with van der Waals surface area (Å²) in [5, 5.41) is 3.58. The van der Waals surface area contributed by atoms with Crippen LogP contribution in [0.4, 0.5) is 0 Å². The van der Waals surface area contributed by atoms with Crippen LogP contribution < -0.4 is 5.32 Å². The van der Waals surface area contributed by atoms with E-state index < -0.39 is 0 Å². The molecule has 2 atom stereocenters. The van der Waals surface area contributed by atoms with Gasteiger partial charge in [0.05, 0.1) is 12.5 Å². The number of unbranched alkanes of at least 4 members (excludes halogenated alkanes) is 2. The smallest absolute Gasteiger partial charge is 0.0950 e. The first kappa shape index (κ1) is 12.3. The van der Waals surface area contributed by atoms with Gasteiger partial charge in [-0.15, -0.1) is 0 Å². The molecule has 0 bridgehead atoms. The van der Waals surface area contributed by atoms with E-state index in [1.807, 2.05) is 12.3 Å². The molecule has 15 heavy (non-hydrogen) atoms. The summed E-state index contributed by atoms with van der Waals surface area (Å²) >= 11 is 0. The van der Waals surface area contributed by atoms with Gasteiger partial charge in [0.15, 0.2) is 0 Å². The molecule has 0 aromatic carbocycles. The molecule has 1 rings (SSSR count). The maximum Gasteiger partial charge on any atom is 0.0950 e. The van der Waals surface area contributed by atoms with Crippen molar-refractivity contribution in [3.63, 3.8) is 0 Å². The molecular weight excluding hydrogens is 186 g/mol. The van der Waals surface area contributed by atoms with Crippen molar-refractivity contribution < 1.29 is 4.42 Å². The lowest BCUT2D eigenvalue weighted by atomic mass is 10.1. The van der Waals surface area contributed by atoms with Crippen molar-refractivity contribution in [1.29, 1.82) is 0 Å². The predicted molar refractivity (Wildman–Crippen MR) is 63.9 cm³/mol. The molecule has 2 heteroatoms. The average molecular weight is 209 g/mol. The molecule has 2 unspecified atom stereocenters. The van der Waals surface area contributed by atoms with Crippen LogP contribution in [0.5, 0.6) is 0 Å². The van der Waals surface area contributed by atoms with Crippen molar-refractivity contribution in [2.45, 2.75) is 58.5 Å². The zero-order chi connectivity index (χ0) is 11.1. The molecule has 0 aliphatic carbocycles. The summed E-state index contributed by atoms with van der Waals surface area (Å²) < 4.78 is 5.08. The van der Waals surface area contributed by atoms with Gasteiger partial charge >= 0.3 is 0 Å². The molecule has 2 nitrogen and oxygen atoms in total. The Labute approximate surface area is 93.1 Å². The highest BCUT2D eigenvalue weighted by molar-refractivity contribution is 5.10. The molecule has 0 amide bonds. The minimum atomic E-state index is 0.389. The number of nitrogens with one attached hydrogen (secondary N) is 1. The number of hydrogen-bond donors (Lipinski definition) is 1. The molecule has 86 valence electrons. The lowest BCUT2D eigenvalue weighted by molar-refractivity contribution is 0.437. The van der Waals surface area contributed by atoms with E-state index in [9.17, 15) is 0 Å². The topological polar surface area (TPSA) is 25.2 Å². The normalized spacial score (nSPS) is 15.1. The van der Waals surface area contributed by atoms with Gasteiger partial charge in [-0.3, -0.25) is 0 Å². The van der Waals surface area contributed by atoms with E-state index in [-0.39, 0.29) is 0 Å². The van der Waals surface area contributed by atoms with E-state index in [0.29, 0.717) is 12.1 Å². The highest BCUT2D eigenvalue weighted by Gasteiger charge is 2.09. The molecule has 0 aliphatic rings. The quantitative estimate of drug-likeness (QED) is 0.689. The third-order valence-corrected chi connectivity index (χ3v) is 2.82. The van der Waals surface area contributed by atoms with Gasteiger partial charge in [0.2, 0.25) is 0 Å². The van der Waals surface area contributed by atoms with Crippen LogP contribution in [0, 0.1) is 0 Å². The summed E-state index contributed by atoms with van der Waals surface area (Å²) in [6, 6.07) is 3.00. The standard InChI is InChI=1S/C13H23NO/c1-4-5-6-7-11(2)14-12(3)13-8-9-15-10-13/h8-12,14H,4-7H2,1-3H3. The van der Waals surface area contributed by atoms with Crippen molar-refractivity contribution in [3.8, 4) is 0 Å². The summed E-state index contributed by atoms with van der Waals surface area (Å²) in [5.74, 6) is 0. The predicted octanol–water partition coefficient (Wildman–Crippen LogP) is 3.90. The van der Waals surface area contributed by atoms with Crippen molar-refractivity contribution in [2.24, 2.45) is 0 Å². The third-order valence-electron chi connectivity index (χ3n) is 2.82. The summed E-state index contributed by atoms with van der Waals surface area (Å²) in [5.41, 5.74) is 1.23. The second-order valence-electron chi connectivity index (χ2n) is 4.34. The Morgan fingerprint density at radius 3 is 2.73 bits per heavy atom. The molecule has 1 aromatic rings. The van der Waals surface area contributed by atoms with Gasteiger partial charge in [-0.1, -0.05) is 26.2 Å². The monoisotopic (exact) mass is 209 g/mol. The zero-order valence-electron chi connectivity index (χ0n) is 10.1. The molecule has 0 radical (unpaired) electrons. The Kier molecular flexibility index (Phi) is 5.48. The van der Waals surface area contributed by atoms with E-state index in [1.54, 1.807) is 6.26 Å². The lowest BCUT2D eigenvalue weighted by Crippen LogP contribution is -2.28. The van der Waals surface area contributed by atoms with Crippen molar-refractivity contribution in [2.75, 3.05) is 0 Å². The van der Waals surface area contributed by atoms with Gasteiger partial charge in [-0.25, -0.2) is 0 Å². The van der Waals surface area contributed by atoms with E-state index in [2.05, 4.69) is 26.1 Å². The van der Waals surface area contributed by atoms with Gasteiger partial charge < -0.3 is 9.73 Å². The second kappa shape index (κ2) is 6.67. The Morgan fingerprint density at radius 1 is 1.33 bits per heavy atom. The summed E-state index contributed by atoms with van der Waals surface area (Å²) in [6.45, 7) is 6.68. The fourth-order valence-corrected chi connectivity index (χ4v) is 1.83. The lowest BCUT2D eigenvalue weighted by Gasteiger charge is -2.18. The number of furan rings is 1. The van der Waals surface area contributed by atoms with Crippen LogP contribution in [-0.4, -0.2) is 6.04 Å². The van der Waals surface area contributed by atoms with Gasteiger partial charge in [-0.05, 0) is 26.3 Å². The minimum Gasteiger partial charge on any atom is -0.472 e. The van der Waals surface area contributed by atoms with Crippen LogP contribution in [0.1, 0.15) is 58.1 Å². The first-order valence-corrected chi connectivity index (χ1v) is 6.02. The second-order valence-corrected chi connectivity index (χ2v) is 4.34. The van der Waals surface area contributed by atoms with Gasteiger partial charge in [0, 0.05) is 17.6 Å². The Bertz CT molecular complexity index is 243. The summed E-state index contributed by atoms with van der Waals surface area (Å²) in [6.07, 6.45) is 8.76. The Morgan fingerprint density at radius 2 is 2.13 bits per heavy atom. The third kappa shape index (κ3) is 4.52. The van der Waals surface area contributed by atoms with Crippen LogP contribution in [0.25, 0.3) is 0 Å². The molecule has 1 aromatic heterocycles. The van der Waals surface area contributed by atoms with Crippen LogP contribution >= 0.6 is 0 Å². The maximum absolute atomic E-state index is 5.08. The van der Waals surface area contributed by atoms with Gasteiger partial charge in [-0.2, -0.15) is 0 Å². The van der Waals surface area contributed by atoms with Crippen LogP contribution in [0.15, 0.2) is 23.0 Å². The number of rotatable bonds is 7. The number of hydrogen-bond acceptors (Lipinski definition) is 2. The molecule has 0 fully saturated rings. The SMILES string of the molecule is CCCCCC(C)NC(C)c1ccoc1. The molecule has 1 heterocycles. The van der Waals surface area contributed by atoms with Crippen LogP contribution in [-0.2, 0) is 0 Å². The average Bonchev–Trinajstić information content (AvgIpc) is 2.70. The molecule has 1 N–H and O–H groups in total.